The van der Waals surface area contributed by atoms with Crippen LogP contribution in [-0.2, 0) is 0 Å². The predicted molar refractivity (Wildman–Crippen MR) is 240 cm³/mol. The molecule has 58 heavy (non-hydrogen) atoms. The zero-order chi connectivity index (χ0) is 38.2. The molecule has 12 rings (SSSR count). The highest BCUT2D eigenvalue weighted by atomic mass is 15.2. The summed E-state index contributed by atoms with van der Waals surface area (Å²) >= 11 is 0. The number of nitrogens with zero attached hydrogens (tertiary/aromatic N) is 5. The first-order valence-electron chi connectivity index (χ1n) is 19.6. The summed E-state index contributed by atoms with van der Waals surface area (Å²) in [6.07, 6.45) is 0. The average molecular weight is 740 g/mol. The SMILES string of the molecule is c1ccc(-c2nc(-c3ccccc3)nc(-n3c4ccccc4c4cc5c(cc(-c6ccc7c(c6)c6ccccc6n7-c6ccccc6)c6ccccc65)cc43)n2)cc1. The Bertz CT molecular complexity index is 3490. The van der Waals surface area contributed by atoms with E-state index in [0.29, 0.717) is 17.6 Å². The fraction of sp³-hybridized carbons (Fsp3) is 0. The average Bonchev–Trinajstić information content (AvgIpc) is 3.81. The Hall–Kier alpha value is -7.89. The second-order valence-electron chi connectivity index (χ2n) is 14.8. The summed E-state index contributed by atoms with van der Waals surface area (Å²) in [4.78, 5) is 15.4. The molecule has 0 spiro atoms. The highest BCUT2D eigenvalue weighted by molar-refractivity contribution is 6.21. The molecule has 3 heterocycles. The van der Waals surface area contributed by atoms with Crippen molar-refractivity contribution < 1.29 is 0 Å². The summed E-state index contributed by atoms with van der Waals surface area (Å²) in [5, 5.41) is 9.58. The fourth-order valence-electron chi connectivity index (χ4n) is 8.92. The van der Waals surface area contributed by atoms with Gasteiger partial charge in [0.1, 0.15) is 0 Å². The molecule has 0 bridgehead atoms. The third-order valence-corrected chi connectivity index (χ3v) is 11.5. The van der Waals surface area contributed by atoms with Crippen LogP contribution in [0.1, 0.15) is 0 Å². The molecule has 12 aromatic rings. The van der Waals surface area contributed by atoms with Crippen molar-refractivity contribution in [2.45, 2.75) is 0 Å². The van der Waals surface area contributed by atoms with Crippen molar-refractivity contribution in [1.82, 2.24) is 24.1 Å². The van der Waals surface area contributed by atoms with Crippen molar-refractivity contribution in [2.75, 3.05) is 0 Å². The highest BCUT2D eigenvalue weighted by Gasteiger charge is 2.20. The summed E-state index contributed by atoms with van der Waals surface area (Å²) < 4.78 is 4.58. The Morgan fingerprint density at radius 2 is 0.810 bits per heavy atom. The van der Waals surface area contributed by atoms with Crippen molar-refractivity contribution in [3.63, 3.8) is 0 Å². The Kier molecular flexibility index (Phi) is 7.16. The van der Waals surface area contributed by atoms with E-state index in [1.807, 2.05) is 36.4 Å². The van der Waals surface area contributed by atoms with E-state index in [4.69, 9.17) is 15.0 Å². The minimum atomic E-state index is 0.583. The van der Waals surface area contributed by atoms with Gasteiger partial charge in [-0.15, -0.1) is 0 Å². The molecule has 0 aliphatic rings. The van der Waals surface area contributed by atoms with E-state index in [0.717, 1.165) is 44.0 Å². The molecule has 5 nitrogen and oxygen atoms in total. The van der Waals surface area contributed by atoms with Gasteiger partial charge >= 0.3 is 0 Å². The van der Waals surface area contributed by atoms with E-state index in [1.165, 1.54) is 49.1 Å². The molecular formula is C53H33N5. The molecule has 0 saturated carbocycles. The van der Waals surface area contributed by atoms with Gasteiger partial charge in [0.25, 0.3) is 0 Å². The lowest BCUT2D eigenvalue weighted by Crippen LogP contribution is -2.06. The molecule has 3 aromatic heterocycles. The second kappa shape index (κ2) is 12.8. The maximum absolute atomic E-state index is 5.18. The standard InChI is InChI=1S/C53H33N5/c1-4-16-34(17-5-1)51-54-52(35-18-6-2-7-19-35)56-53(55-51)58-48-27-15-13-25-42(48)46-33-44-37(32-50(46)58)31-43(39-22-10-11-23-40(39)44)36-28-29-49-45(30-36)41-24-12-14-26-47(41)57(49)38-20-8-3-9-21-38/h1-33H. The predicted octanol–water partition coefficient (Wildman–Crippen LogP) is 13.4. The Balaban J connectivity index is 1.12. The van der Waals surface area contributed by atoms with Crippen molar-refractivity contribution in [3.8, 4) is 45.5 Å². The smallest absolute Gasteiger partial charge is 0.238 e. The lowest BCUT2D eigenvalue weighted by Gasteiger charge is -2.13. The third kappa shape index (κ3) is 5.00. The number of hydrogen-bond donors (Lipinski definition) is 0. The lowest BCUT2D eigenvalue weighted by molar-refractivity contribution is 0.954. The van der Waals surface area contributed by atoms with Gasteiger partial charge in [-0.1, -0.05) is 146 Å². The van der Waals surface area contributed by atoms with Crippen LogP contribution in [0.2, 0.25) is 0 Å². The van der Waals surface area contributed by atoms with E-state index < -0.39 is 0 Å². The maximum Gasteiger partial charge on any atom is 0.238 e. The minimum absolute atomic E-state index is 0.583. The van der Waals surface area contributed by atoms with Crippen LogP contribution in [0, 0.1) is 0 Å². The lowest BCUT2D eigenvalue weighted by atomic mass is 9.92. The normalized spacial score (nSPS) is 11.8. The highest BCUT2D eigenvalue weighted by Crippen LogP contribution is 2.42. The van der Waals surface area contributed by atoms with Crippen LogP contribution in [0.5, 0.6) is 0 Å². The van der Waals surface area contributed by atoms with Gasteiger partial charge in [0.15, 0.2) is 11.6 Å². The Morgan fingerprint density at radius 3 is 1.47 bits per heavy atom. The minimum Gasteiger partial charge on any atom is -0.309 e. The zero-order valence-corrected chi connectivity index (χ0v) is 31.3. The van der Waals surface area contributed by atoms with Gasteiger partial charge < -0.3 is 4.57 Å². The van der Waals surface area contributed by atoms with E-state index >= 15 is 0 Å². The van der Waals surface area contributed by atoms with Crippen LogP contribution >= 0.6 is 0 Å². The van der Waals surface area contributed by atoms with Gasteiger partial charge in [0, 0.05) is 38.4 Å². The van der Waals surface area contributed by atoms with Crippen LogP contribution in [0.4, 0.5) is 0 Å². The van der Waals surface area contributed by atoms with Gasteiger partial charge in [0.2, 0.25) is 5.95 Å². The first-order valence-corrected chi connectivity index (χ1v) is 19.6. The number of hydrogen-bond acceptors (Lipinski definition) is 3. The number of rotatable bonds is 5. The van der Waals surface area contributed by atoms with Crippen molar-refractivity contribution >= 4 is 65.2 Å². The van der Waals surface area contributed by atoms with E-state index in [2.05, 4.69) is 173 Å². The van der Waals surface area contributed by atoms with Crippen LogP contribution in [-0.4, -0.2) is 24.1 Å². The topological polar surface area (TPSA) is 48.5 Å². The molecule has 0 N–H and O–H groups in total. The summed E-state index contributed by atoms with van der Waals surface area (Å²) in [5.41, 5.74) is 9.88. The van der Waals surface area contributed by atoms with E-state index in [1.54, 1.807) is 0 Å². The van der Waals surface area contributed by atoms with E-state index in [9.17, 15) is 0 Å². The summed E-state index contributed by atoms with van der Waals surface area (Å²) in [6.45, 7) is 0. The maximum atomic E-state index is 5.18. The second-order valence-corrected chi connectivity index (χ2v) is 14.8. The monoisotopic (exact) mass is 739 g/mol. The molecule has 0 amide bonds. The Labute approximate surface area is 333 Å². The van der Waals surface area contributed by atoms with E-state index in [-0.39, 0.29) is 0 Å². The number of benzene rings is 9. The van der Waals surface area contributed by atoms with Gasteiger partial charge in [0.05, 0.1) is 22.1 Å². The van der Waals surface area contributed by atoms with Gasteiger partial charge in [-0.25, -0.2) is 4.98 Å². The van der Waals surface area contributed by atoms with Crippen molar-refractivity contribution in [1.29, 1.82) is 0 Å². The summed E-state index contributed by atoms with van der Waals surface area (Å²) in [6, 6.07) is 71.1. The first-order chi connectivity index (χ1) is 28.8. The molecule has 0 aliphatic carbocycles. The third-order valence-electron chi connectivity index (χ3n) is 11.5. The molecule has 270 valence electrons. The molecule has 0 aliphatic heterocycles. The molecule has 0 radical (unpaired) electrons. The van der Waals surface area contributed by atoms with Gasteiger partial charge in [-0.3, -0.25) is 4.57 Å². The van der Waals surface area contributed by atoms with Gasteiger partial charge in [-0.2, -0.15) is 9.97 Å². The van der Waals surface area contributed by atoms with Crippen LogP contribution in [0.25, 0.3) is 111 Å². The summed E-state index contributed by atoms with van der Waals surface area (Å²) in [7, 11) is 0. The molecule has 0 unspecified atom stereocenters. The first kappa shape index (κ1) is 32.4. The molecule has 9 aromatic carbocycles. The fourth-order valence-corrected chi connectivity index (χ4v) is 8.92. The molecule has 0 atom stereocenters. The number of fused-ring (bicyclic) bond motifs is 9. The largest absolute Gasteiger partial charge is 0.309 e. The van der Waals surface area contributed by atoms with Crippen LogP contribution in [0.15, 0.2) is 200 Å². The molecule has 5 heteroatoms. The summed E-state index contributed by atoms with van der Waals surface area (Å²) in [5.74, 6) is 1.85. The molecule has 0 fully saturated rings. The van der Waals surface area contributed by atoms with Crippen molar-refractivity contribution in [2.24, 2.45) is 0 Å². The number of para-hydroxylation sites is 3. The van der Waals surface area contributed by atoms with Gasteiger partial charge in [-0.05, 0) is 87.3 Å². The Morgan fingerprint density at radius 1 is 0.293 bits per heavy atom. The van der Waals surface area contributed by atoms with Crippen LogP contribution in [0.3, 0.4) is 0 Å². The zero-order valence-electron chi connectivity index (χ0n) is 31.3. The quantitative estimate of drug-likeness (QED) is 0.165. The number of aromatic nitrogens is 5. The van der Waals surface area contributed by atoms with Crippen molar-refractivity contribution in [3.05, 3.63) is 200 Å². The van der Waals surface area contributed by atoms with Crippen LogP contribution < -0.4 is 0 Å². The molecular weight excluding hydrogens is 707 g/mol. The molecule has 0 saturated heterocycles.